The zero-order chi connectivity index (χ0) is 23.8. The van der Waals surface area contributed by atoms with Crippen LogP contribution < -0.4 is 5.43 Å². The fraction of sp³-hybridized carbons (Fsp3) is 0.0741. The number of rotatable bonds is 5. The highest BCUT2D eigenvalue weighted by molar-refractivity contribution is 6.08. The number of aromatic carboxylic acids is 1. The summed E-state index contributed by atoms with van der Waals surface area (Å²) in [5.74, 6) is -1.21. The Morgan fingerprint density at radius 2 is 1.74 bits per heavy atom. The van der Waals surface area contributed by atoms with Crippen molar-refractivity contribution in [2.45, 2.75) is 13.8 Å². The van der Waals surface area contributed by atoms with Crippen molar-refractivity contribution in [3.05, 3.63) is 101 Å². The molecule has 0 aliphatic heterocycles. The molecule has 0 saturated heterocycles. The normalized spacial score (nSPS) is 11.5. The van der Waals surface area contributed by atoms with Crippen LogP contribution in [0.15, 0.2) is 82.3 Å². The summed E-state index contributed by atoms with van der Waals surface area (Å²) in [4.78, 5) is 23.7. The predicted octanol–water partition coefficient (Wildman–Crippen LogP) is 5.46. The van der Waals surface area contributed by atoms with Crippen LogP contribution in [0.2, 0.25) is 0 Å². The highest BCUT2D eigenvalue weighted by Gasteiger charge is 2.14. The van der Waals surface area contributed by atoms with Crippen LogP contribution in [0.25, 0.3) is 27.4 Å². The zero-order valence-corrected chi connectivity index (χ0v) is 18.6. The summed E-state index contributed by atoms with van der Waals surface area (Å²) >= 11 is 0. The molecular formula is C27H21N3O4. The Morgan fingerprint density at radius 3 is 2.50 bits per heavy atom. The van der Waals surface area contributed by atoms with Crippen molar-refractivity contribution in [1.82, 2.24) is 9.99 Å². The summed E-state index contributed by atoms with van der Waals surface area (Å²) in [6.07, 6.45) is 1.58. The number of carboxylic acids is 1. The van der Waals surface area contributed by atoms with Crippen molar-refractivity contribution in [2.75, 3.05) is 0 Å². The maximum Gasteiger partial charge on any atom is 0.335 e. The van der Waals surface area contributed by atoms with Crippen molar-refractivity contribution >= 4 is 39.8 Å². The van der Waals surface area contributed by atoms with Crippen molar-refractivity contribution in [1.29, 1.82) is 0 Å². The molecule has 0 aliphatic carbocycles. The monoisotopic (exact) mass is 451 g/mol. The highest BCUT2D eigenvalue weighted by Crippen LogP contribution is 2.28. The molecule has 2 heterocycles. The average molecular weight is 451 g/mol. The lowest BCUT2D eigenvalue weighted by atomic mass is 10.1. The number of carboxylic acid groups (broad SMARTS) is 1. The van der Waals surface area contributed by atoms with Crippen molar-refractivity contribution in [3.63, 3.8) is 0 Å². The van der Waals surface area contributed by atoms with E-state index < -0.39 is 11.9 Å². The summed E-state index contributed by atoms with van der Waals surface area (Å²) in [5, 5.41) is 16.2. The lowest BCUT2D eigenvalue weighted by Crippen LogP contribution is -2.16. The number of carbonyl (C=O) groups excluding carboxylic acids is 1. The summed E-state index contributed by atoms with van der Waals surface area (Å²) in [6, 6.07) is 22.1. The van der Waals surface area contributed by atoms with E-state index in [-0.39, 0.29) is 11.3 Å². The van der Waals surface area contributed by atoms with Gasteiger partial charge in [0.25, 0.3) is 0 Å². The Balaban J connectivity index is 1.36. The number of amides is 1. The third-order valence-corrected chi connectivity index (χ3v) is 5.86. The van der Waals surface area contributed by atoms with E-state index >= 15 is 0 Å². The molecule has 5 rings (SSSR count). The van der Waals surface area contributed by atoms with Gasteiger partial charge < -0.3 is 14.1 Å². The largest absolute Gasteiger partial charge is 0.478 e. The number of aromatic nitrogens is 1. The van der Waals surface area contributed by atoms with Crippen LogP contribution in [-0.2, 0) is 0 Å². The Morgan fingerprint density at radius 1 is 0.971 bits per heavy atom. The highest BCUT2D eigenvalue weighted by atomic mass is 16.4. The van der Waals surface area contributed by atoms with Gasteiger partial charge in [-0.15, -0.1) is 0 Å². The maximum atomic E-state index is 12.6. The summed E-state index contributed by atoms with van der Waals surface area (Å²) < 4.78 is 7.74. The number of furan rings is 1. The maximum absolute atomic E-state index is 12.6. The Bertz CT molecular complexity index is 1590. The summed E-state index contributed by atoms with van der Waals surface area (Å²) in [7, 11) is 0. The molecule has 7 heteroatoms. The number of hydrazone groups is 1. The molecule has 2 N–H and O–H groups in total. The molecule has 168 valence electrons. The molecule has 0 atom stereocenters. The Hall–Kier alpha value is -4.65. The van der Waals surface area contributed by atoms with Gasteiger partial charge in [-0.2, -0.15) is 5.10 Å². The average Bonchev–Trinajstić information content (AvgIpc) is 3.40. The Labute approximate surface area is 194 Å². The standard InChI is InChI=1S/C27H21N3O4/c1-16-13-20(17(2)30(16)21-10-7-19(8-11-21)27(32)33)15-28-29-26(31)25-14-23-22-6-4-3-5-18(22)9-12-24(23)34-25/h3-15H,1-2H3,(H,29,31)(H,32,33)/b28-15-. The second kappa shape index (κ2) is 8.37. The number of nitrogens with zero attached hydrogens (tertiary/aromatic N) is 2. The molecule has 1 amide bonds. The minimum absolute atomic E-state index is 0.187. The van der Waals surface area contributed by atoms with Gasteiger partial charge in [-0.05, 0) is 67.1 Å². The molecule has 34 heavy (non-hydrogen) atoms. The van der Waals surface area contributed by atoms with E-state index in [4.69, 9.17) is 9.52 Å². The van der Waals surface area contributed by atoms with Crippen LogP contribution in [0, 0.1) is 13.8 Å². The first kappa shape index (κ1) is 21.2. The number of nitrogens with one attached hydrogen (secondary N) is 1. The van der Waals surface area contributed by atoms with Crippen LogP contribution >= 0.6 is 0 Å². The van der Waals surface area contributed by atoms with Gasteiger partial charge in [0, 0.05) is 28.0 Å². The minimum atomic E-state index is -0.964. The van der Waals surface area contributed by atoms with Crippen molar-refractivity contribution in [3.8, 4) is 5.69 Å². The summed E-state index contributed by atoms with van der Waals surface area (Å²) in [5.41, 5.74) is 6.95. The second-order valence-corrected chi connectivity index (χ2v) is 8.02. The Kier molecular flexibility index (Phi) is 5.22. The third kappa shape index (κ3) is 3.73. The number of fused-ring (bicyclic) bond motifs is 3. The molecule has 3 aromatic carbocycles. The van der Waals surface area contributed by atoms with E-state index in [1.165, 1.54) is 0 Å². The zero-order valence-electron chi connectivity index (χ0n) is 18.6. The molecule has 7 nitrogen and oxygen atoms in total. The van der Waals surface area contributed by atoms with E-state index in [2.05, 4.69) is 10.5 Å². The van der Waals surface area contributed by atoms with Crippen LogP contribution in [0.5, 0.6) is 0 Å². The molecule has 0 bridgehead atoms. The molecule has 0 saturated carbocycles. The molecule has 5 aromatic rings. The van der Waals surface area contributed by atoms with Crippen molar-refractivity contribution < 1.29 is 19.1 Å². The van der Waals surface area contributed by atoms with Gasteiger partial charge in [0.05, 0.1) is 11.8 Å². The topological polar surface area (TPSA) is 96.8 Å². The molecule has 0 spiro atoms. The SMILES string of the molecule is Cc1cc(/C=N\NC(=O)c2cc3c(ccc4ccccc43)o2)c(C)n1-c1ccc(C(=O)O)cc1. The van der Waals surface area contributed by atoms with Gasteiger partial charge in [-0.1, -0.05) is 30.3 Å². The first-order valence-corrected chi connectivity index (χ1v) is 10.7. The number of hydrogen-bond acceptors (Lipinski definition) is 4. The van der Waals surface area contributed by atoms with Crippen LogP contribution in [0.1, 0.15) is 37.9 Å². The molecule has 0 radical (unpaired) electrons. The smallest absolute Gasteiger partial charge is 0.335 e. The van der Waals surface area contributed by atoms with Gasteiger partial charge in [0.1, 0.15) is 5.58 Å². The minimum Gasteiger partial charge on any atom is -0.478 e. The predicted molar refractivity (Wildman–Crippen MR) is 131 cm³/mol. The van der Waals surface area contributed by atoms with E-state index in [1.807, 2.05) is 60.9 Å². The summed E-state index contributed by atoms with van der Waals surface area (Å²) in [6.45, 7) is 3.89. The molecule has 0 unspecified atom stereocenters. The lowest BCUT2D eigenvalue weighted by Gasteiger charge is -2.09. The fourth-order valence-electron chi connectivity index (χ4n) is 4.19. The third-order valence-electron chi connectivity index (χ3n) is 5.86. The van der Waals surface area contributed by atoms with Gasteiger partial charge in [-0.25, -0.2) is 10.2 Å². The van der Waals surface area contributed by atoms with Crippen molar-refractivity contribution in [2.24, 2.45) is 5.10 Å². The fourth-order valence-corrected chi connectivity index (χ4v) is 4.19. The van der Waals surface area contributed by atoms with Gasteiger partial charge in [0.15, 0.2) is 5.76 Å². The number of carbonyl (C=O) groups is 2. The second-order valence-electron chi connectivity index (χ2n) is 8.02. The number of hydrogen-bond donors (Lipinski definition) is 2. The van der Waals surface area contributed by atoms with E-state index in [0.29, 0.717) is 5.58 Å². The van der Waals surface area contributed by atoms with Crippen LogP contribution in [0.3, 0.4) is 0 Å². The van der Waals surface area contributed by atoms with Crippen LogP contribution in [-0.4, -0.2) is 27.8 Å². The first-order valence-electron chi connectivity index (χ1n) is 10.7. The molecular weight excluding hydrogens is 430 g/mol. The number of aryl methyl sites for hydroxylation is 1. The van der Waals surface area contributed by atoms with Gasteiger partial charge in [-0.3, -0.25) is 4.79 Å². The van der Waals surface area contributed by atoms with E-state index in [9.17, 15) is 9.59 Å². The van der Waals surface area contributed by atoms with Gasteiger partial charge >= 0.3 is 11.9 Å². The van der Waals surface area contributed by atoms with E-state index in [1.54, 1.807) is 36.5 Å². The molecule has 0 aliphatic rings. The van der Waals surface area contributed by atoms with Gasteiger partial charge in [0.2, 0.25) is 0 Å². The quantitative estimate of drug-likeness (QED) is 0.274. The van der Waals surface area contributed by atoms with E-state index in [0.717, 1.165) is 38.8 Å². The molecule has 2 aromatic heterocycles. The first-order chi connectivity index (χ1) is 16.4. The van der Waals surface area contributed by atoms with Crippen LogP contribution in [0.4, 0.5) is 0 Å². The molecule has 0 fully saturated rings. The number of benzene rings is 3. The lowest BCUT2D eigenvalue weighted by molar-refractivity contribution is 0.0696.